The third kappa shape index (κ3) is 4.81. The summed E-state index contributed by atoms with van der Waals surface area (Å²) in [5, 5.41) is 24.3. The Labute approximate surface area is 212 Å². The van der Waals surface area contributed by atoms with Crippen molar-refractivity contribution in [1.82, 2.24) is 9.72 Å². The number of nitrogen functional groups attached to an aromatic ring is 1. The van der Waals surface area contributed by atoms with E-state index in [2.05, 4.69) is 5.16 Å². The van der Waals surface area contributed by atoms with Crippen molar-refractivity contribution in [2.45, 2.75) is 25.8 Å². The molecule has 0 atom stereocenters. The van der Waals surface area contributed by atoms with Crippen LogP contribution in [0.4, 0.5) is 14.6 Å². The number of alkyl halides is 2. The summed E-state index contributed by atoms with van der Waals surface area (Å²) < 4.78 is 35.3. The second-order valence-corrected chi connectivity index (χ2v) is 6.31. The first-order valence-electron chi connectivity index (χ1n) is 8.51. The Hall–Kier alpha value is -2.05. The van der Waals surface area contributed by atoms with E-state index in [9.17, 15) is 28.6 Å². The minimum absolute atomic E-state index is 0. The summed E-state index contributed by atoms with van der Waals surface area (Å²) in [6.45, 7) is 1.80. The first-order valence-corrected chi connectivity index (χ1v) is 8.51. The van der Waals surface area contributed by atoms with Gasteiger partial charge in [-0.15, -0.1) is 0 Å². The smallest absolute Gasteiger partial charge is 0.545 e. The minimum atomic E-state index is -3.97. The van der Waals surface area contributed by atoms with Gasteiger partial charge in [0.15, 0.2) is 0 Å². The number of ketones is 1. The number of hydrogen-bond donors (Lipinski definition) is 2. The number of carbonyl (C=O) groups is 2. The topological polar surface area (TPSA) is 134 Å². The molecule has 3 aromatic rings. The Balaban J connectivity index is 0.00000320. The van der Waals surface area contributed by atoms with Gasteiger partial charge in [0, 0.05) is 24.4 Å². The number of nitrogens with two attached hydrogens (primary N) is 1. The van der Waals surface area contributed by atoms with Gasteiger partial charge in [-0.25, -0.2) is 0 Å². The van der Waals surface area contributed by atoms with E-state index in [1.807, 2.05) is 0 Å². The molecule has 0 saturated heterocycles. The average Bonchev–Trinajstić information content (AvgIpc) is 3.25. The van der Waals surface area contributed by atoms with E-state index in [0.717, 1.165) is 6.20 Å². The molecule has 0 unspecified atom stereocenters. The normalized spacial score (nSPS) is 11.2. The number of rotatable bonds is 7. The number of carboxylic acids is 1. The molecule has 152 valence electrons. The molecule has 0 amide bonds. The van der Waals surface area contributed by atoms with E-state index in [1.165, 1.54) is 34.9 Å². The summed E-state index contributed by atoms with van der Waals surface area (Å²) in [4.78, 5) is 23.7. The molecule has 0 aliphatic heterocycles. The third-order valence-corrected chi connectivity index (χ3v) is 4.36. The third-order valence-electron chi connectivity index (χ3n) is 4.36. The van der Waals surface area contributed by atoms with E-state index in [0.29, 0.717) is 5.56 Å². The minimum Gasteiger partial charge on any atom is -0.545 e. The van der Waals surface area contributed by atoms with Crippen LogP contribution in [0.1, 0.15) is 33.4 Å². The predicted octanol–water partition coefficient (Wildman–Crippen LogP) is -1.12. The summed E-state index contributed by atoms with van der Waals surface area (Å²) in [6.07, 6.45) is -0.153. The number of aromatic nitrogens is 2. The molecule has 3 rings (SSSR count). The molecule has 0 aliphatic carbocycles. The van der Waals surface area contributed by atoms with E-state index >= 15 is 0 Å². The first kappa shape index (κ1) is 24.2. The number of anilines is 1. The molecule has 0 fully saturated rings. The van der Waals surface area contributed by atoms with Crippen LogP contribution in [0.5, 0.6) is 5.75 Å². The molecule has 0 aliphatic rings. The molecule has 0 radical (unpaired) electrons. The van der Waals surface area contributed by atoms with Crippen molar-refractivity contribution >= 4 is 17.6 Å². The zero-order valence-electron chi connectivity index (χ0n) is 16.2. The Morgan fingerprint density at radius 3 is 2.50 bits per heavy atom. The maximum atomic E-state index is 14.6. The van der Waals surface area contributed by atoms with E-state index in [1.54, 1.807) is 6.92 Å². The Morgan fingerprint density at radius 1 is 1.30 bits per heavy atom. The number of aryl methyl sites for hydroxylation is 1. The van der Waals surface area contributed by atoms with Crippen LogP contribution in [0.2, 0.25) is 0 Å². The molecule has 8 nitrogen and oxygen atoms in total. The number of hydrogen-bond acceptors (Lipinski definition) is 7. The van der Waals surface area contributed by atoms with E-state index < -0.39 is 35.2 Å². The first-order chi connectivity index (χ1) is 13.6. The zero-order chi connectivity index (χ0) is 21.3. The quantitative estimate of drug-likeness (QED) is 0.349. The number of benzene rings is 1. The van der Waals surface area contributed by atoms with E-state index in [-0.39, 0.29) is 81.0 Å². The summed E-state index contributed by atoms with van der Waals surface area (Å²) in [5.74, 6) is -8.08. The molecule has 0 saturated carbocycles. The van der Waals surface area contributed by atoms with Gasteiger partial charge < -0.3 is 29.8 Å². The molecule has 3 N–H and O–H groups in total. The number of Topliss-reactive ketones (excluding diaryl/α,β-unsaturated/α-hetero) is 1. The van der Waals surface area contributed by atoms with Crippen molar-refractivity contribution < 1.29 is 84.5 Å². The summed E-state index contributed by atoms with van der Waals surface area (Å²) in [7, 11) is 0. The van der Waals surface area contributed by atoms with Crippen LogP contribution in [0, 0.1) is 0 Å². The molecule has 2 aromatic heterocycles. The molecular formula is C19H16F2KN3O5. The van der Waals surface area contributed by atoms with Gasteiger partial charge in [0.2, 0.25) is 5.78 Å². The van der Waals surface area contributed by atoms with Crippen molar-refractivity contribution in [2.24, 2.45) is 0 Å². The number of carbonyl (C=O) groups excluding carboxylic acids is 2. The number of aromatic carboxylic acids is 1. The van der Waals surface area contributed by atoms with Crippen LogP contribution in [-0.4, -0.2) is 32.5 Å². The SMILES string of the molecule is CCn1cc(C(=O)C(F)(F)Cc2cc(-c3ccc(O)cc3)no2)c(C(=O)[O-])c1N.[K+]. The fourth-order valence-corrected chi connectivity index (χ4v) is 2.88. The van der Waals surface area contributed by atoms with Crippen molar-refractivity contribution in [1.29, 1.82) is 0 Å². The molecular weight excluding hydrogens is 427 g/mol. The molecule has 2 heterocycles. The molecule has 0 bridgehead atoms. The largest absolute Gasteiger partial charge is 1.00 e. The predicted molar refractivity (Wildman–Crippen MR) is 95.4 cm³/mol. The number of aromatic hydroxyl groups is 1. The standard InChI is InChI=1S/C19H17F2N3O5.K/c1-2-24-9-13(15(17(24)22)18(27)28)16(26)19(20,21)8-12-7-14(23-29-12)10-3-5-11(25)6-4-10;/h3-7,9,25H,2,8,22H2,1H3,(H,27,28);/q;+1/p-1. The van der Waals surface area contributed by atoms with Gasteiger partial charge in [-0.3, -0.25) is 4.79 Å². The van der Waals surface area contributed by atoms with Crippen molar-refractivity contribution in [3.8, 4) is 17.0 Å². The van der Waals surface area contributed by atoms with E-state index in [4.69, 9.17) is 10.3 Å². The Kier molecular flexibility index (Phi) is 7.58. The van der Waals surface area contributed by atoms with Crippen LogP contribution < -0.4 is 62.2 Å². The second-order valence-electron chi connectivity index (χ2n) is 6.31. The van der Waals surface area contributed by atoms with Gasteiger partial charge in [-0.1, -0.05) is 5.16 Å². The summed E-state index contributed by atoms with van der Waals surface area (Å²) in [6, 6.07) is 7.06. The van der Waals surface area contributed by atoms with Crippen molar-refractivity contribution in [3.63, 3.8) is 0 Å². The number of nitrogens with zero attached hydrogens (tertiary/aromatic N) is 2. The summed E-state index contributed by atoms with van der Waals surface area (Å²) >= 11 is 0. The van der Waals surface area contributed by atoms with Crippen LogP contribution in [0.15, 0.2) is 41.1 Å². The monoisotopic (exact) mass is 443 g/mol. The number of carboxylic acid groups (broad SMARTS) is 1. The summed E-state index contributed by atoms with van der Waals surface area (Å²) in [5.41, 5.74) is 4.88. The van der Waals surface area contributed by atoms with Gasteiger partial charge in [-0.2, -0.15) is 8.78 Å². The van der Waals surface area contributed by atoms with Crippen molar-refractivity contribution in [2.75, 3.05) is 5.73 Å². The number of halogens is 2. The van der Waals surface area contributed by atoms with Crippen LogP contribution in [0.25, 0.3) is 11.3 Å². The number of phenolic OH excluding ortho intramolecular Hbond substituents is 1. The van der Waals surface area contributed by atoms with Gasteiger partial charge in [0.1, 0.15) is 23.0 Å². The molecule has 0 spiro atoms. The van der Waals surface area contributed by atoms with Crippen LogP contribution >= 0.6 is 0 Å². The fraction of sp³-hybridized carbons (Fsp3) is 0.211. The van der Waals surface area contributed by atoms with Gasteiger partial charge >= 0.3 is 57.3 Å². The molecule has 30 heavy (non-hydrogen) atoms. The number of phenols is 1. The Morgan fingerprint density at radius 2 is 1.93 bits per heavy atom. The van der Waals surface area contributed by atoms with Crippen molar-refractivity contribution in [3.05, 3.63) is 53.4 Å². The second kappa shape index (κ2) is 9.39. The fourth-order valence-electron chi connectivity index (χ4n) is 2.88. The molecule has 1 aromatic carbocycles. The Bertz CT molecular complexity index is 1080. The van der Waals surface area contributed by atoms with Gasteiger partial charge in [0.05, 0.1) is 23.5 Å². The maximum Gasteiger partial charge on any atom is 1.00 e. The maximum absolute atomic E-state index is 14.6. The van der Waals surface area contributed by atoms with Crippen LogP contribution in [0.3, 0.4) is 0 Å². The van der Waals surface area contributed by atoms with Gasteiger partial charge in [-0.05, 0) is 31.2 Å². The zero-order valence-corrected chi connectivity index (χ0v) is 19.3. The molecule has 11 heteroatoms. The average molecular weight is 443 g/mol. The van der Waals surface area contributed by atoms with Crippen LogP contribution in [-0.2, 0) is 13.0 Å². The van der Waals surface area contributed by atoms with Gasteiger partial charge in [0.25, 0.3) is 0 Å².